The fourth-order valence-corrected chi connectivity index (χ4v) is 6.99. The third-order valence-electron chi connectivity index (χ3n) is 6.86. The van der Waals surface area contributed by atoms with Gasteiger partial charge in [0.2, 0.25) is 0 Å². The van der Waals surface area contributed by atoms with E-state index in [1.165, 1.54) is 25.6 Å². The number of halogens is 2. The third-order valence-corrected chi connectivity index (χ3v) is 9.42. The van der Waals surface area contributed by atoms with E-state index >= 15 is 0 Å². The summed E-state index contributed by atoms with van der Waals surface area (Å²) in [5.74, 6) is -2.58. The fourth-order valence-electron chi connectivity index (χ4n) is 4.90. The second-order valence-corrected chi connectivity index (χ2v) is 13.3. The first-order valence-electron chi connectivity index (χ1n) is 13.7. The first-order chi connectivity index (χ1) is 20.1. The molecular formula is C30H32Br2O9S. The molecule has 226 valence electrons. The van der Waals surface area contributed by atoms with E-state index in [0.717, 1.165) is 41.0 Å². The van der Waals surface area contributed by atoms with E-state index in [0.29, 0.717) is 5.56 Å². The maximum absolute atomic E-state index is 13.3. The number of benzene rings is 2. The minimum absolute atomic E-state index is 0.229. The Morgan fingerprint density at radius 1 is 0.738 bits per heavy atom. The zero-order valence-corrected chi connectivity index (χ0v) is 27.2. The van der Waals surface area contributed by atoms with Gasteiger partial charge in [0, 0.05) is 28.0 Å². The van der Waals surface area contributed by atoms with Gasteiger partial charge < -0.3 is 23.7 Å². The van der Waals surface area contributed by atoms with Gasteiger partial charge in [-0.05, 0) is 61.4 Å². The largest absolute Gasteiger partial charge is 0.459 e. The van der Waals surface area contributed by atoms with Crippen LogP contribution < -0.4 is 0 Å². The summed E-state index contributed by atoms with van der Waals surface area (Å²) in [7, 11) is 0. The Bertz CT molecular complexity index is 1250. The van der Waals surface area contributed by atoms with Gasteiger partial charge in [-0.1, -0.05) is 51.1 Å². The molecule has 9 nitrogen and oxygen atoms in total. The van der Waals surface area contributed by atoms with Gasteiger partial charge in [-0.3, -0.25) is 9.59 Å². The zero-order valence-electron chi connectivity index (χ0n) is 23.2. The van der Waals surface area contributed by atoms with Gasteiger partial charge in [0.05, 0.1) is 11.1 Å². The molecule has 0 spiro atoms. The number of ether oxygens (including phenoxy) is 5. The van der Waals surface area contributed by atoms with Crippen molar-refractivity contribution < 1.29 is 42.9 Å². The van der Waals surface area contributed by atoms with Gasteiger partial charge in [0.25, 0.3) is 0 Å². The van der Waals surface area contributed by atoms with Gasteiger partial charge in [-0.25, -0.2) is 9.59 Å². The van der Waals surface area contributed by atoms with Crippen LogP contribution in [0.4, 0.5) is 0 Å². The van der Waals surface area contributed by atoms with Gasteiger partial charge in [0.1, 0.15) is 18.1 Å². The van der Waals surface area contributed by atoms with E-state index in [9.17, 15) is 19.2 Å². The monoisotopic (exact) mass is 726 g/mol. The van der Waals surface area contributed by atoms with E-state index in [1.54, 1.807) is 48.5 Å². The first-order valence-corrected chi connectivity index (χ1v) is 16.2. The van der Waals surface area contributed by atoms with Crippen LogP contribution in [0, 0.1) is 0 Å². The number of carbonyl (C=O) groups excluding carboxylic acids is 4. The number of carbonyl (C=O) groups is 4. The minimum Gasteiger partial charge on any atom is -0.459 e. The van der Waals surface area contributed by atoms with Crippen LogP contribution in [0.1, 0.15) is 66.7 Å². The summed E-state index contributed by atoms with van der Waals surface area (Å²) >= 11 is 8.18. The summed E-state index contributed by atoms with van der Waals surface area (Å²) in [5.41, 5.74) is -0.201. The van der Waals surface area contributed by atoms with Crippen molar-refractivity contribution >= 4 is 67.5 Å². The van der Waals surface area contributed by atoms with E-state index in [1.807, 2.05) is 0 Å². The Morgan fingerprint density at radius 3 is 1.81 bits per heavy atom. The molecule has 1 aliphatic heterocycles. The van der Waals surface area contributed by atoms with Crippen molar-refractivity contribution in [2.75, 3.05) is 6.61 Å². The molecule has 2 fully saturated rings. The highest BCUT2D eigenvalue weighted by Gasteiger charge is 2.53. The van der Waals surface area contributed by atoms with Crippen LogP contribution in [0.25, 0.3) is 0 Å². The number of thioether (sulfide) groups is 1. The molecule has 2 aliphatic rings. The first kappa shape index (κ1) is 32.5. The van der Waals surface area contributed by atoms with E-state index in [-0.39, 0.29) is 17.4 Å². The van der Waals surface area contributed by atoms with Crippen molar-refractivity contribution in [1.82, 2.24) is 0 Å². The second-order valence-electron chi connectivity index (χ2n) is 10.1. The summed E-state index contributed by atoms with van der Waals surface area (Å²) in [6.45, 7) is 2.17. The summed E-state index contributed by atoms with van der Waals surface area (Å²) in [5, 5.41) is 0.229. The lowest BCUT2D eigenvalue weighted by molar-refractivity contribution is -0.228. The van der Waals surface area contributed by atoms with Gasteiger partial charge in [-0.2, -0.15) is 0 Å². The highest BCUT2D eigenvalue weighted by Crippen LogP contribution is 2.40. The van der Waals surface area contributed by atoms with Crippen LogP contribution in [0.3, 0.4) is 0 Å². The van der Waals surface area contributed by atoms with Crippen LogP contribution in [0.5, 0.6) is 0 Å². The Balaban J connectivity index is 1.65. The van der Waals surface area contributed by atoms with E-state index in [4.69, 9.17) is 23.7 Å². The highest BCUT2D eigenvalue weighted by molar-refractivity contribution is 9.10. The Labute approximate surface area is 265 Å². The molecule has 42 heavy (non-hydrogen) atoms. The molecule has 1 aliphatic carbocycles. The Morgan fingerprint density at radius 2 is 1.26 bits per heavy atom. The molecule has 0 N–H and O–H groups in total. The lowest BCUT2D eigenvalue weighted by Gasteiger charge is -2.45. The zero-order chi connectivity index (χ0) is 30.2. The number of hydrogen-bond donors (Lipinski definition) is 0. The maximum Gasteiger partial charge on any atom is 0.338 e. The van der Waals surface area contributed by atoms with Crippen molar-refractivity contribution in [3.05, 3.63) is 68.6 Å². The summed E-state index contributed by atoms with van der Waals surface area (Å²) in [6, 6.07) is 13.2. The summed E-state index contributed by atoms with van der Waals surface area (Å²) < 4.78 is 30.9. The molecule has 0 bridgehead atoms. The molecule has 5 atom stereocenters. The normalized spacial score (nSPS) is 24.3. The van der Waals surface area contributed by atoms with Crippen LogP contribution in [0.2, 0.25) is 0 Å². The van der Waals surface area contributed by atoms with Crippen LogP contribution in [-0.4, -0.2) is 65.6 Å². The predicted molar refractivity (Wildman–Crippen MR) is 162 cm³/mol. The fraction of sp³-hybridized carbons (Fsp3) is 0.467. The predicted octanol–water partition coefficient (Wildman–Crippen LogP) is 6.25. The van der Waals surface area contributed by atoms with Gasteiger partial charge in [-0.15, -0.1) is 11.8 Å². The van der Waals surface area contributed by atoms with E-state index < -0.39 is 53.7 Å². The average molecular weight is 728 g/mol. The van der Waals surface area contributed by atoms with Gasteiger partial charge in [0.15, 0.2) is 18.3 Å². The molecule has 2 aromatic rings. The average Bonchev–Trinajstić information content (AvgIpc) is 2.95. The highest BCUT2D eigenvalue weighted by atomic mass is 79.9. The molecule has 4 rings (SSSR count). The van der Waals surface area contributed by atoms with Crippen molar-refractivity contribution in [2.45, 2.75) is 81.1 Å². The van der Waals surface area contributed by atoms with Crippen molar-refractivity contribution in [2.24, 2.45) is 0 Å². The molecule has 1 saturated carbocycles. The molecule has 0 aromatic heterocycles. The smallest absolute Gasteiger partial charge is 0.338 e. The van der Waals surface area contributed by atoms with Crippen LogP contribution >= 0.6 is 43.6 Å². The second kappa shape index (κ2) is 15.4. The summed E-state index contributed by atoms with van der Waals surface area (Å²) in [6.07, 6.45) is 0.638. The van der Waals surface area contributed by atoms with Crippen molar-refractivity contribution in [3.63, 3.8) is 0 Å². The Kier molecular flexibility index (Phi) is 11.9. The Hall–Kier alpha value is -2.41. The summed E-state index contributed by atoms with van der Waals surface area (Å²) in [4.78, 5) is 50.7. The topological polar surface area (TPSA) is 114 Å². The van der Waals surface area contributed by atoms with Gasteiger partial charge >= 0.3 is 23.9 Å². The molecule has 0 radical (unpaired) electrons. The molecule has 0 unspecified atom stereocenters. The number of hydrogen-bond acceptors (Lipinski definition) is 10. The molecule has 12 heteroatoms. The lowest BCUT2D eigenvalue weighted by atomic mass is 9.99. The molecule has 0 amide bonds. The van der Waals surface area contributed by atoms with E-state index in [2.05, 4.69) is 31.9 Å². The van der Waals surface area contributed by atoms with Crippen LogP contribution in [-0.2, 0) is 33.3 Å². The quantitative estimate of drug-likeness (QED) is 0.217. The molecule has 2 aromatic carbocycles. The molecule has 1 heterocycles. The number of esters is 4. The minimum atomic E-state index is -1.25. The maximum atomic E-state index is 13.3. The van der Waals surface area contributed by atoms with Crippen molar-refractivity contribution in [1.29, 1.82) is 0 Å². The van der Waals surface area contributed by atoms with Crippen molar-refractivity contribution in [3.8, 4) is 0 Å². The van der Waals surface area contributed by atoms with Crippen LogP contribution in [0.15, 0.2) is 57.5 Å². The SMILES string of the molecule is CC(=O)O[C@@H]1[C@@H](OC(C)=O)[C@H](SC2CCCCC2)O[C@H](COC(=O)c2ccc(Br)cc2)[C@H]1OC(=O)c1ccc(Br)cc1. The molecule has 1 saturated heterocycles. The third kappa shape index (κ3) is 9.05. The lowest BCUT2D eigenvalue weighted by Crippen LogP contribution is -2.62. The number of rotatable bonds is 9. The standard InChI is InChI=1S/C30H32Br2O9S/c1-17(33)38-26-25(41-29(36)20-10-14-22(32)15-11-20)24(16-37-28(35)19-8-12-21(31)13-9-19)40-30(27(26)39-18(2)34)42-23-6-4-3-5-7-23/h8-15,23-27,30H,3-7,16H2,1-2H3/t24-,25-,26+,27-,30+/m1/s1. The molecular weight excluding hydrogens is 696 g/mol.